The third-order valence-electron chi connectivity index (χ3n) is 2.47. The van der Waals surface area contributed by atoms with Crippen LogP contribution in [0.3, 0.4) is 0 Å². The van der Waals surface area contributed by atoms with Gasteiger partial charge in [0.15, 0.2) is 0 Å². The number of carboxylic acids is 1. The van der Waals surface area contributed by atoms with Crippen molar-refractivity contribution in [3.8, 4) is 5.75 Å². The van der Waals surface area contributed by atoms with Crippen LogP contribution in [0.5, 0.6) is 5.75 Å². The zero-order chi connectivity index (χ0) is 13.1. The molecule has 1 heterocycles. The van der Waals surface area contributed by atoms with Crippen molar-refractivity contribution >= 4 is 5.97 Å². The van der Waals surface area contributed by atoms with Crippen molar-refractivity contribution < 1.29 is 23.4 Å². The maximum Gasteiger partial charge on any atom is 0.372 e. The van der Waals surface area contributed by atoms with E-state index in [0.717, 1.165) is 5.56 Å². The van der Waals surface area contributed by atoms with Crippen LogP contribution in [0.4, 0.5) is 4.39 Å². The number of halogens is 1. The molecule has 0 bridgehead atoms. The predicted molar refractivity (Wildman–Crippen MR) is 61.1 cm³/mol. The molecule has 0 saturated heterocycles. The molecule has 0 radical (unpaired) electrons. The van der Waals surface area contributed by atoms with E-state index in [4.69, 9.17) is 14.3 Å². The molecule has 0 aliphatic carbocycles. The Bertz CT molecular complexity index is 574. The van der Waals surface area contributed by atoms with Gasteiger partial charge in [0.2, 0.25) is 5.76 Å². The molecule has 1 aromatic heterocycles. The van der Waals surface area contributed by atoms with Crippen LogP contribution in [0.25, 0.3) is 0 Å². The summed E-state index contributed by atoms with van der Waals surface area (Å²) in [5, 5.41) is 8.84. The van der Waals surface area contributed by atoms with Gasteiger partial charge >= 0.3 is 5.97 Å². The number of aryl methyl sites for hydroxylation is 1. The van der Waals surface area contributed by atoms with Gasteiger partial charge in [-0.15, -0.1) is 0 Å². The fourth-order valence-corrected chi connectivity index (χ4v) is 1.52. The molecule has 18 heavy (non-hydrogen) atoms. The summed E-state index contributed by atoms with van der Waals surface area (Å²) in [7, 11) is 0. The number of rotatable bonds is 4. The smallest absolute Gasteiger partial charge is 0.372 e. The zero-order valence-corrected chi connectivity index (χ0v) is 9.64. The topological polar surface area (TPSA) is 59.7 Å². The second-order valence-electron chi connectivity index (χ2n) is 3.78. The predicted octanol–water partition coefficient (Wildman–Crippen LogP) is 3.00. The number of hydrogen-bond donors (Lipinski definition) is 1. The molecule has 0 aliphatic heterocycles. The maximum absolute atomic E-state index is 13.0. The molecule has 0 amide bonds. The number of ether oxygens (including phenoxy) is 1. The van der Waals surface area contributed by atoms with E-state index in [9.17, 15) is 9.18 Å². The fraction of sp³-hybridized carbons (Fsp3) is 0.154. The Hall–Kier alpha value is -2.30. The van der Waals surface area contributed by atoms with E-state index in [1.165, 1.54) is 24.5 Å². The van der Waals surface area contributed by atoms with Gasteiger partial charge in [-0.2, -0.15) is 0 Å². The van der Waals surface area contributed by atoms with Crippen molar-refractivity contribution in [1.29, 1.82) is 0 Å². The Kier molecular flexibility index (Phi) is 3.32. The van der Waals surface area contributed by atoms with Gasteiger partial charge in [-0.25, -0.2) is 9.18 Å². The fourth-order valence-electron chi connectivity index (χ4n) is 1.52. The van der Waals surface area contributed by atoms with Crippen LogP contribution >= 0.6 is 0 Å². The molecule has 1 aromatic carbocycles. The van der Waals surface area contributed by atoms with E-state index >= 15 is 0 Å². The lowest BCUT2D eigenvalue weighted by molar-refractivity contribution is 0.0658. The Labute approximate surface area is 103 Å². The normalized spacial score (nSPS) is 10.3. The SMILES string of the molecule is Cc1ccc(F)cc1OCc1ccoc1C(=O)O. The van der Waals surface area contributed by atoms with Crippen molar-refractivity contribution in [2.75, 3.05) is 0 Å². The Balaban J connectivity index is 2.14. The maximum atomic E-state index is 13.0. The van der Waals surface area contributed by atoms with E-state index < -0.39 is 11.8 Å². The van der Waals surface area contributed by atoms with Gasteiger partial charge in [0.1, 0.15) is 18.2 Å². The number of aromatic carboxylic acids is 1. The molecule has 1 N–H and O–H groups in total. The molecule has 94 valence electrons. The summed E-state index contributed by atoms with van der Waals surface area (Å²) in [4.78, 5) is 10.8. The van der Waals surface area contributed by atoms with Crippen LogP contribution in [-0.4, -0.2) is 11.1 Å². The van der Waals surface area contributed by atoms with E-state index in [2.05, 4.69) is 0 Å². The number of carbonyl (C=O) groups is 1. The molecule has 4 nitrogen and oxygen atoms in total. The van der Waals surface area contributed by atoms with Crippen LogP contribution in [0.1, 0.15) is 21.7 Å². The standard InChI is InChI=1S/C13H11FO4/c1-8-2-3-10(14)6-11(8)18-7-9-4-5-17-12(9)13(15)16/h2-6H,7H2,1H3,(H,15,16). The Morgan fingerprint density at radius 3 is 2.94 bits per heavy atom. The first kappa shape index (κ1) is 12.2. The number of benzene rings is 1. The highest BCUT2D eigenvalue weighted by atomic mass is 19.1. The Morgan fingerprint density at radius 1 is 1.44 bits per heavy atom. The largest absolute Gasteiger partial charge is 0.488 e. The second-order valence-corrected chi connectivity index (χ2v) is 3.78. The summed E-state index contributed by atoms with van der Waals surface area (Å²) >= 11 is 0. The van der Waals surface area contributed by atoms with Gasteiger partial charge in [-0.3, -0.25) is 0 Å². The number of hydrogen-bond acceptors (Lipinski definition) is 3. The molecule has 0 aliphatic rings. The van der Waals surface area contributed by atoms with Crippen LogP contribution < -0.4 is 4.74 Å². The highest BCUT2D eigenvalue weighted by Crippen LogP contribution is 2.21. The van der Waals surface area contributed by atoms with Crippen molar-refractivity contribution in [2.45, 2.75) is 13.5 Å². The minimum Gasteiger partial charge on any atom is -0.488 e. The van der Waals surface area contributed by atoms with Gasteiger partial charge in [0.05, 0.1) is 6.26 Å². The molecule has 2 aromatic rings. The summed E-state index contributed by atoms with van der Waals surface area (Å²) in [6.45, 7) is 1.80. The van der Waals surface area contributed by atoms with Crippen molar-refractivity contribution in [3.63, 3.8) is 0 Å². The van der Waals surface area contributed by atoms with Crippen molar-refractivity contribution in [1.82, 2.24) is 0 Å². The first-order valence-corrected chi connectivity index (χ1v) is 5.26. The van der Waals surface area contributed by atoms with E-state index in [1.807, 2.05) is 0 Å². The first-order valence-electron chi connectivity index (χ1n) is 5.26. The molecule has 0 spiro atoms. The van der Waals surface area contributed by atoms with Crippen molar-refractivity contribution in [2.24, 2.45) is 0 Å². The minimum atomic E-state index is -1.16. The van der Waals surface area contributed by atoms with Gasteiger partial charge in [0.25, 0.3) is 0 Å². The summed E-state index contributed by atoms with van der Waals surface area (Å²) in [5.74, 6) is -1.34. The molecule has 0 atom stereocenters. The van der Waals surface area contributed by atoms with Crippen LogP contribution in [0.15, 0.2) is 34.9 Å². The quantitative estimate of drug-likeness (QED) is 0.906. The van der Waals surface area contributed by atoms with Crippen LogP contribution in [0.2, 0.25) is 0 Å². The molecule has 2 rings (SSSR count). The van der Waals surface area contributed by atoms with Crippen LogP contribution in [-0.2, 0) is 6.61 Å². The van der Waals surface area contributed by atoms with Gasteiger partial charge in [0, 0.05) is 11.6 Å². The monoisotopic (exact) mass is 250 g/mol. The minimum absolute atomic E-state index is 0.0163. The van der Waals surface area contributed by atoms with Crippen LogP contribution in [0, 0.1) is 12.7 Å². The van der Waals surface area contributed by atoms with E-state index in [0.29, 0.717) is 11.3 Å². The molecule has 0 saturated carbocycles. The third kappa shape index (κ3) is 2.51. The highest BCUT2D eigenvalue weighted by molar-refractivity contribution is 5.86. The summed E-state index contributed by atoms with van der Waals surface area (Å²) < 4.78 is 23.2. The number of furan rings is 1. The van der Waals surface area contributed by atoms with E-state index in [1.54, 1.807) is 13.0 Å². The van der Waals surface area contributed by atoms with Gasteiger partial charge in [-0.05, 0) is 24.6 Å². The summed E-state index contributed by atoms with van der Waals surface area (Å²) in [5.41, 5.74) is 1.18. The van der Waals surface area contributed by atoms with Crippen molar-refractivity contribution in [3.05, 3.63) is 53.2 Å². The lowest BCUT2D eigenvalue weighted by Gasteiger charge is -2.08. The van der Waals surface area contributed by atoms with E-state index in [-0.39, 0.29) is 12.4 Å². The molecule has 5 heteroatoms. The van der Waals surface area contributed by atoms with Gasteiger partial charge < -0.3 is 14.3 Å². The Morgan fingerprint density at radius 2 is 2.22 bits per heavy atom. The molecular formula is C13H11FO4. The second kappa shape index (κ2) is 4.91. The average Bonchev–Trinajstić information content (AvgIpc) is 2.79. The first-order chi connectivity index (χ1) is 8.58. The summed E-state index contributed by atoms with van der Waals surface area (Å²) in [6, 6.07) is 5.70. The zero-order valence-electron chi connectivity index (χ0n) is 9.64. The average molecular weight is 250 g/mol. The molecular weight excluding hydrogens is 239 g/mol. The molecule has 0 fully saturated rings. The molecule has 0 unspecified atom stereocenters. The van der Waals surface area contributed by atoms with Gasteiger partial charge in [-0.1, -0.05) is 6.07 Å². The highest BCUT2D eigenvalue weighted by Gasteiger charge is 2.14. The third-order valence-corrected chi connectivity index (χ3v) is 2.47. The summed E-state index contributed by atoms with van der Waals surface area (Å²) in [6.07, 6.45) is 1.28. The lowest BCUT2D eigenvalue weighted by Crippen LogP contribution is -2.03. The lowest BCUT2D eigenvalue weighted by atomic mass is 10.2. The number of carboxylic acid groups (broad SMARTS) is 1.